The Labute approximate surface area is 79.8 Å². The Morgan fingerprint density at radius 3 is 2.75 bits per heavy atom. The second kappa shape index (κ2) is 3.16. The van der Waals surface area contributed by atoms with Gasteiger partial charge >= 0.3 is 0 Å². The molecule has 0 spiro atoms. The minimum absolute atomic E-state index is 0. The van der Waals surface area contributed by atoms with E-state index in [4.69, 9.17) is 11.5 Å². The number of hydrogen-bond donors (Lipinski definition) is 2. The van der Waals surface area contributed by atoms with Crippen molar-refractivity contribution in [3.05, 3.63) is 18.2 Å². The highest BCUT2D eigenvalue weighted by Gasteiger charge is 1.99. The molecule has 12 heavy (non-hydrogen) atoms. The van der Waals surface area contributed by atoms with E-state index in [-0.39, 0.29) is 12.4 Å². The van der Waals surface area contributed by atoms with Crippen molar-refractivity contribution in [1.29, 1.82) is 0 Å². The number of nitrogens with zero attached hydrogens (tertiary/aromatic N) is 1. The lowest BCUT2D eigenvalue weighted by molar-refractivity contribution is 1.50. The van der Waals surface area contributed by atoms with Crippen LogP contribution in [0, 0.1) is 0 Å². The molecule has 1 aromatic carbocycles. The van der Waals surface area contributed by atoms with Crippen molar-refractivity contribution in [2.45, 2.75) is 0 Å². The van der Waals surface area contributed by atoms with Gasteiger partial charge in [-0.2, -0.15) is 0 Å². The van der Waals surface area contributed by atoms with Crippen LogP contribution in [-0.4, -0.2) is 4.98 Å². The maximum Gasteiger partial charge on any atom is 0.181 e. The largest absolute Gasteiger partial charge is 0.399 e. The molecule has 2 rings (SSSR count). The monoisotopic (exact) mass is 201 g/mol. The number of nitrogens with two attached hydrogens (primary N) is 2. The van der Waals surface area contributed by atoms with Gasteiger partial charge in [0, 0.05) is 5.69 Å². The first-order valence-electron chi connectivity index (χ1n) is 3.17. The summed E-state index contributed by atoms with van der Waals surface area (Å²) < 4.78 is 1.04. The minimum Gasteiger partial charge on any atom is -0.399 e. The van der Waals surface area contributed by atoms with Gasteiger partial charge in [0.05, 0.1) is 10.2 Å². The molecule has 1 heterocycles. The number of anilines is 2. The lowest BCUT2D eigenvalue weighted by atomic mass is 10.3. The van der Waals surface area contributed by atoms with Crippen LogP contribution >= 0.6 is 23.7 Å². The van der Waals surface area contributed by atoms with Crippen molar-refractivity contribution in [2.75, 3.05) is 11.5 Å². The molecule has 0 radical (unpaired) electrons. The van der Waals surface area contributed by atoms with Gasteiger partial charge in [0.2, 0.25) is 0 Å². The second-order valence-electron chi connectivity index (χ2n) is 2.28. The number of halogens is 1. The molecule has 64 valence electrons. The Morgan fingerprint density at radius 1 is 1.25 bits per heavy atom. The standard InChI is InChI=1S/C7H7N3S.ClH/c8-4-1-2-5-6(3-4)11-7(9)10-5;/h1-3H,8H2,(H2,9,10);1H. The number of benzene rings is 1. The van der Waals surface area contributed by atoms with E-state index in [1.807, 2.05) is 18.2 Å². The minimum atomic E-state index is 0. The highest BCUT2D eigenvalue weighted by Crippen LogP contribution is 2.24. The number of fused-ring (bicyclic) bond motifs is 1. The van der Waals surface area contributed by atoms with Gasteiger partial charge in [-0.3, -0.25) is 0 Å². The van der Waals surface area contributed by atoms with Crippen molar-refractivity contribution in [3.63, 3.8) is 0 Å². The molecule has 0 atom stereocenters. The average Bonchev–Trinajstić information content (AvgIpc) is 2.27. The Kier molecular flexibility index (Phi) is 2.40. The zero-order chi connectivity index (χ0) is 7.84. The third kappa shape index (κ3) is 1.44. The lowest BCUT2D eigenvalue weighted by Crippen LogP contribution is -1.81. The van der Waals surface area contributed by atoms with Gasteiger partial charge in [0.15, 0.2) is 5.13 Å². The van der Waals surface area contributed by atoms with E-state index in [9.17, 15) is 0 Å². The highest BCUT2D eigenvalue weighted by molar-refractivity contribution is 7.22. The summed E-state index contributed by atoms with van der Waals surface area (Å²) in [6, 6.07) is 5.57. The fraction of sp³-hybridized carbons (Fsp3) is 0. The maximum absolute atomic E-state index is 5.57. The van der Waals surface area contributed by atoms with Gasteiger partial charge in [-0.1, -0.05) is 11.3 Å². The summed E-state index contributed by atoms with van der Waals surface area (Å²) in [5.41, 5.74) is 12.7. The highest BCUT2D eigenvalue weighted by atomic mass is 35.5. The van der Waals surface area contributed by atoms with Crippen molar-refractivity contribution < 1.29 is 0 Å². The van der Waals surface area contributed by atoms with Crippen LogP contribution in [0.2, 0.25) is 0 Å². The van der Waals surface area contributed by atoms with Crippen molar-refractivity contribution in [1.82, 2.24) is 4.98 Å². The number of thiazole rings is 1. The molecule has 0 aliphatic rings. The molecule has 0 amide bonds. The zero-order valence-electron chi connectivity index (χ0n) is 6.15. The summed E-state index contributed by atoms with van der Waals surface area (Å²) in [6.07, 6.45) is 0. The number of aromatic nitrogens is 1. The molecule has 0 aliphatic carbocycles. The predicted octanol–water partition coefficient (Wildman–Crippen LogP) is 1.88. The summed E-state index contributed by atoms with van der Waals surface area (Å²) >= 11 is 1.45. The molecule has 0 saturated heterocycles. The van der Waals surface area contributed by atoms with E-state index in [1.54, 1.807) is 0 Å². The Balaban J connectivity index is 0.000000720. The van der Waals surface area contributed by atoms with Crippen LogP contribution in [-0.2, 0) is 0 Å². The molecule has 0 bridgehead atoms. The molecular weight excluding hydrogens is 194 g/mol. The van der Waals surface area contributed by atoms with Crippen LogP contribution in [0.15, 0.2) is 18.2 Å². The van der Waals surface area contributed by atoms with Gasteiger partial charge in [-0.15, -0.1) is 12.4 Å². The van der Waals surface area contributed by atoms with Crippen LogP contribution in [0.25, 0.3) is 10.2 Å². The van der Waals surface area contributed by atoms with Crippen LogP contribution in [0.4, 0.5) is 10.8 Å². The molecule has 0 saturated carbocycles. The van der Waals surface area contributed by atoms with E-state index in [2.05, 4.69) is 4.98 Å². The third-order valence-electron chi connectivity index (χ3n) is 1.43. The number of rotatable bonds is 0. The summed E-state index contributed by atoms with van der Waals surface area (Å²) in [6.45, 7) is 0. The van der Waals surface area contributed by atoms with E-state index in [0.717, 1.165) is 15.9 Å². The van der Waals surface area contributed by atoms with Gasteiger partial charge in [-0.25, -0.2) is 4.98 Å². The maximum atomic E-state index is 5.57. The topological polar surface area (TPSA) is 64.9 Å². The number of hydrogen-bond acceptors (Lipinski definition) is 4. The molecule has 0 fully saturated rings. The molecule has 3 nitrogen and oxygen atoms in total. The number of nitrogen functional groups attached to an aromatic ring is 2. The SMILES string of the molecule is Cl.Nc1ccc2nc(N)sc2c1. The fourth-order valence-electron chi connectivity index (χ4n) is 0.959. The summed E-state index contributed by atoms with van der Waals surface area (Å²) in [7, 11) is 0. The van der Waals surface area contributed by atoms with Crippen molar-refractivity contribution >= 4 is 44.8 Å². The quantitative estimate of drug-likeness (QED) is 0.640. The van der Waals surface area contributed by atoms with Crippen molar-refractivity contribution in [2.24, 2.45) is 0 Å². The average molecular weight is 202 g/mol. The van der Waals surface area contributed by atoms with E-state index in [0.29, 0.717) is 5.13 Å². The fourth-order valence-corrected chi connectivity index (χ4v) is 1.74. The molecule has 0 unspecified atom stereocenters. The van der Waals surface area contributed by atoms with Crippen LogP contribution in [0.3, 0.4) is 0 Å². The predicted molar refractivity (Wildman–Crippen MR) is 55.7 cm³/mol. The smallest absolute Gasteiger partial charge is 0.181 e. The van der Waals surface area contributed by atoms with E-state index in [1.165, 1.54) is 11.3 Å². The molecule has 0 aliphatic heterocycles. The van der Waals surface area contributed by atoms with Gasteiger partial charge in [0.1, 0.15) is 0 Å². The van der Waals surface area contributed by atoms with Crippen LogP contribution in [0.1, 0.15) is 0 Å². The summed E-state index contributed by atoms with van der Waals surface area (Å²) in [5, 5.41) is 0.589. The molecule has 5 heteroatoms. The molecule has 2 aromatic rings. The lowest BCUT2D eigenvalue weighted by Gasteiger charge is -1.88. The zero-order valence-corrected chi connectivity index (χ0v) is 7.78. The molecule has 1 aromatic heterocycles. The summed E-state index contributed by atoms with van der Waals surface area (Å²) in [4.78, 5) is 4.10. The molecular formula is C7H8ClN3S. The normalized spacial score (nSPS) is 9.67. The van der Waals surface area contributed by atoms with E-state index < -0.39 is 0 Å². The first-order valence-corrected chi connectivity index (χ1v) is 3.99. The van der Waals surface area contributed by atoms with Gasteiger partial charge in [-0.05, 0) is 18.2 Å². The summed E-state index contributed by atoms with van der Waals surface area (Å²) in [5.74, 6) is 0. The third-order valence-corrected chi connectivity index (χ3v) is 2.28. The first-order chi connectivity index (χ1) is 5.25. The first kappa shape index (κ1) is 9.09. The Hall–Kier alpha value is -1.00. The van der Waals surface area contributed by atoms with E-state index >= 15 is 0 Å². The van der Waals surface area contributed by atoms with Gasteiger partial charge < -0.3 is 11.5 Å². The van der Waals surface area contributed by atoms with Crippen LogP contribution in [0.5, 0.6) is 0 Å². The van der Waals surface area contributed by atoms with Crippen LogP contribution < -0.4 is 11.5 Å². The van der Waals surface area contributed by atoms with Gasteiger partial charge in [0.25, 0.3) is 0 Å². The Morgan fingerprint density at radius 2 is 2.00 bits per heavy atom. The van der Waals surface area contributed by atoms with Crippen molar-refractivity contribution in [3.8, 4) is 0 Å². The Bertz CT molecular complexity index is 398. The molecule has 4 N–H and O–H groups in total. The second-order valence-corrected chi connectivity index (χ2v) is 3.34.